The summed E-state index contributed by atoms with van der Waals surface area (Å²) in [4.78, 5) is 29.3. The van der Waals surface area contributed by atoms with Gasteiger partial charge in [-0.25, -0.2) is 4.98 Å². The molecule has 1 saturated carbocycles. The smallest absolute Gasteiger partial charge is 0.293 e. The Morgan fingerprint density at radius 1 is 1.29 bits per heavy atom. The van der Waals surface area contributed by atoms with Crippen molar-refractivity contribution in [2.45, 2.75) is 45.1 Å². The fraction of sp³-hybridized carbons (Fsp3) is 0.375. The molecule has 0 radical (unpaired) electrons. The molecule has 0 unspecified atom stereocenters. The van der Waals surface area contributed by atoms with Crippen molar-refractivity contribution in [2.24, 2.45) is 0 Å². The molecule has 4 rings (SSSR count). The molecule has 3 aromatic rings. The van der Waals surface area contributed by atoms with Crippen LogP contribution in [0.5, 0.6) is 0 Å². The van der Waals surface area contributed by atoms with Crippen molar-refractivity contribution >= 4 is 57.0 Å². The van der Waals surface area contributed by atoms with Gasteiger partial charge in [0.05, 0.1) is 16.8 Å². The molecule has 1 amide bonds. The van der Waals surface area contributed by atoms with Gasteiger partial charge in [0.1, 0.15) is 10.4 Å². The van der Waals surface area contributed by atoms with Gasteiger partial charge in [-0.3, -0.25) is 15.0 Å². The van der Waals surface area contributed by atoms with Crippen molar-refractivity contribution < 1.29 is 14.3 Å². The molecule has 0 spiro atoms. The number of anilines is 1. The molecule has 8 nitrogen and oxygen atoms in total. The molecule has 180 valence electrons. The van der Waals surface area contributed by atoms with Crippen LogP contribution in [0.15, 0.2) is 30.5 Å². The Bertz CT molecular complexity index is 1210. The molecule has 10 heteroatoms. The largest absolute Gasteiger partial charge is 0.468 e. The Morgan fingerprint density at radius 2 is 2.06 bits per heavy atom. The van der Waals surface area contributed by atoms with Crippen molar-refractivity contribution in [3.8, 4) is 11.1 Å². The van der Waals surface area contributed by atoms with Crippen LogP contribution in [0.25, 0.3) is 21.3 Å². The minimum Gasteiger partial charge on any atom is -0.468 e. The highest BCUT2D eigenvalue weighted by Crippen LogP contribution is 2.30. The summed E-state index contributed by atoms with van der Waals surface area (Å²) in [5, 5.41) is 15.3. The molecule has 1 fully saturated rings. The normalized spacial score (nSPS) is 13.5. The van der Waals surface area contributed by atoms with E-state index in [0.717, 1.165) is 52.2 Å². The minimum atomic E-state index is -0.356. The number of amides is 1. The van der Waals surface area contributed by atoms with Gasteiger partial charge in [0, 0.05) is 24.8 Å². The number of ether oxygens (including phenoxy) is 1. The van der Waals surface area contributed by atoms with Crippen LogP contribution < -0.4 is 10.6 Å². The van der Waals surface area contributed by atoms with E-state index in [2.05, 4.69) is 31.4 Å². The lowest BCUT2D eigenvalue weighted by Gasteiger charge is -2.22. The highest BCUT2D eigenvalue weighted by molar-refractivity contribution is 7.71. The standard InChI is InChI=1S/C21H23N5OS2.C3H6O2/c1-23-21-26-16-8-7-12(10-17(16)29-21)13-9-15(20(28)24-11-13)18(22)19(27)25-14-5-3-2-4-6-14;1-2-5-3-4/h7-11,14,22H,2-6H2,1H3,(H,23,26)(H,24,28)(H,25,27);3H,2H2,1H3. The second kappa shape index (κ2) is 12.4. The number of rotatable bonds is 7. The molecule has 2 aromatic heterocycles. The number of hydrogen-bond donors (Lipinski definition) is 4. The van der Waals surface area contributed by atoms with Gasteiger partial charge in [0.2, 0.25) is 0 Å². The Morgan fingerprint density at radius 3 is 2.71 bits per heavy atom. The van der Waals surface area contributed by atoms with E-state index in [4.69, 9.17) is 17.6 Å². The van der Waals surface area contributed by atoms with Crippen LogP contribution in [0.3, 0.4) is 0 Å². The fourth-order valence-corrected chi connectivity index (χ4v) is 4.82. The highest BCUT2D eigenvalue weighted by atomic mass is 32.1. The second-order valence-electron chi connectivity index (χ2n) is 7.82. The predicted molar refractivity (Wildman–Crippen MR) is 139 cm³/mol. The van der Waals surface area contributed by atoms with Gasteiger partial charge >= 0.3 is 0 Å². The Balaban J connectivity index is 0.000000588. The molecule has 1 aromatic carbocycles. The van der Waals surface area contributed by atoms with E-state index >= 15 is 0 Å². The van der Waals surface area contributed by atoms with Crippen LogP contribution in [-0.2, 0) is 14.3 Å². The van der Waals surface area contributed by atoms with Gasteiger partial charge in [-0.05, 0) is 49.1 Å². The molecular formula is C24H29N5O3S2. The Hall–Kier alpha value is -3.11. The van der Waals surface area contributed by atoms with Crippen molar-refractivity contribution in [3.05, 3.63) is 40.7 Å². The molecule has 4 N–H and O–H groups in total. The van der Waals surface area contributed by atoms with E-state index in [1.54, 1.807) is 18.3 Å². The zero-order chi connectivity index (χ0) is 24.5. The predicted octanol–water partition coefficient (Wildman–Crippen LogP) is 5.06. The van der Waals surface area contributed by atoms with Crippen LogP contribution in [0.4, 0.5) is 5.13 Å². The summed E-state index contributed by atoms with van der Waals surface area (Å²) in [6.07, 6.45) is 7.26. The number of carbonyl (C=O) groups is 2. The molecule has 0 saturated heterocycles. The zero-order valence-corrected chi connectivity index (χ0v) is 20.9. The quantitative estimate of drug-likeness (QED) is 0.205. The third-order valence-electron chi connectivity index (χ3n) is 5.51. The van der Waals surface area contributed by atoms with Crippen LogP contribution in [0.1, 0.15) is 44.6 Å². The number of benzene rings is 1. The summed E-state index contributed by atoms with van der Waals surface area (Å²) in [5.41, 5.74) is 3.16. The van der Waals surface area contributed by atoms with Gasteiger partial charge in [0.15, 0.2) is 5.13 Å². The molecular weight excluding hydrogens is 470 g/mol. The van der Waals surface area contributed by atoms with Crippen LogP contribution >= 0.6 is 23.6 Å². The number of aromatic amines is 1. The Labute approximate surface area is 207 Å². The van der Waals surface area contributed by atoms with Crippen LogP contribution in [0, 0.1) is 10.0 Å². The molecule has 1 aliphatic carbocycles. The number of fused-ring (bicyclic) bond motifs is 1. The number of thiazole rings is 1. The lowest BCUT2D eigenvalue weighted by molar-refractivity contribution is -0.128. The van der Waals surface area contributed by atoms with E-state index in [-0.39, 0.29) is 17.7 Å². The average molecular weight is 500 g/mol. The van der Waals surface area contributed by atoms with Crippen molar-refractivity contribution in [2.75, 3.05) is 19.0 Å². The first-order valence-corrected chi connectivity index (χ1v) is 12.5. The van der Waals surface area contributed by atoms with Crippen LogP contribution in [-0.4, -0.2) is 47.8 Å². The maximum Gasteiger partial charge on any atom is 0.293 e. The summed E-state index contributed by atoms with van der Waals surface area (Å²) >= 11 is 6.95. The average Bonchev–Trinajstić information content (AvgIpc) is 3.28. The summed E-state index contributed by atoms with van der Waals surface area (Å²) < 4.78 is 5.62. The minimum absolute atomic E-state index is 0.0880. The number of H-pyrrole nitrogens is 1. The summed E-state index contributed by atoms with van der Waals surface area (Å²) in [5.74, 6) is -0.356. The maximum atomic E-state index is 12.6. The topological polar surface area (TPSA) is 120 Å². The Kier molecular flexibility index (Phi) is 9.29. The van der Waals surface area contributed by atoms with Gasteiger partial charge in [-0.2, -0.15) is 0 Å². The van der Waals surface area contributed by atoms with E-state index < -0.39 is 0 Å². The summed E-state index contributed by atoms with van der Waals surface area (Å²) in [6.45, 7) is 2.66. The van der Waals surface area contributed by atoms with E-state index in [0.29, 0.717) is 23.3 Å². The lowest BCUT2D eigenvalue weighted by Crippen LogP contribution is -2.40. The first kappa shape index (κ1) is 25.5. The number of hydrogen-bond acceptors (Lipinski definition) is 8. The van der Waals surface area contributed by atoms with Gasteiger partial charge in [0.25, 0.3) is 12.4 Å². The van der Waals surface area contributed by atoms with Crippen molar-refractivity contribution in [1.82, 2.24) is 15.3 Å². The van der Waals surface area contributed by atoms with Crippen molar-refractivity contribution in [3.63, 3.8) is 0 Å². The highest BCUT2D eigenvalue weighted by Gasteiger charge is 2.20. The number of nitrogens with one attached hydrogen (secondary N) is 4. The molecule has 0 aliphatic heterocycles. The second-order valence-corrected chi connectivity index (χ2v) is 9.26. The molecule has 34 heavy (non-hydrogen) atoms. The third kappa shape index (κ3) is 6.48. The molecule has 0 atom stereocenters. The number of aromatic nitrogens is 2. The lowest BCUT2D eigenvalue weighted by atomic mass is 9.95. The number of carbonyl (C=O) groups excluding carboxylic acids is 2. The fourth-order valence-electron chi connectivity index (χ4n) is 3.74. The van der Waals surface area contributed by atoms with Gasteiger partial charge in [-0.15, -0.1) is 0 Å². The maximum absolute atomic E-state index is 12.6. The third-order valence-corrected chi connectivity index (χ3v) is 6.88. The summed E-state index contributed by atoms with van der Waals surface area (Å²) in [7, 11) is 1.85. The van der Waals surface area contributed by atoms with Gasteiger partial charge < -0.3 is 20.4 Å². The first-order valence-electron chi connectivity index (χ1n) is 11.2. The molecule has 0 bridgehead atoms. The van der Waals surface area contributed by atoms with Crippen LogP contribution in [0.2, 0.25) is 0 Å². The summed E-state index contributed by atoms with van der Waals surface area (Å²) in [6, 6.07) is 8.01. The van der Waals surface area contributed by atoms with Crippen molar-refractivity contribution in [1.29, 1.82) is 5.41 Å². The number of pyridine rings is 1. The van der Waals surface area contributed by atoms with E-state index in [9.17, 15) is 9.59 Å². The monoisotopic (exact) mass is 499 g/mol. The molecule has 1 aliphatic rings. The van der Waals surface area contributed by atoms with Gasteiger partial charge in [-0.1, -0.05) is 48.9 Å². The van der Waals surface area contributed by atoms with E-state index in [1.165, 1.54) is 6.42 Å². The molecule has 2 heterocycles. The first-order chi connectivity index (χ1) is 16.5. The zero-order valence-electron chi connectivity index (χ0n) is 19.3. The van der Waals surface area contributed by atoms with E-state index in [1.807, 2.05) is 31.4 Å². The number of nitrogens with zero attached hydrogens (tertiary/aromatic N) is 1. The SMILES string of the molecule is CCOC=O.CNc1nc2ccc(-c3c[nH]c(=S)c(C(=N)C(=O)NC4CCCCC4)c3)cc2s1.